The molecule has 1 rings (SSSR count). The average Bonchev–Trinajstić information content (AvgIpc) is 2.13. The largest absolute Gasteiger partial charge is 0.380 e. The Morgan fingerprint density at radius 2 is 2.00 bits per heavy atom. The van der Waals surface area contributed by atoms with Crippen molar-refractivity contribution in [1.29, 1.82) is 0 Å². The van der Waals surface area contributed by atoms with Crippen LogP contribution in [0.5, 0.6) is 0 Å². The van der Waals surface area contributed by atoms with Crippen LogP contribution in [0.4, 0.5) is 8.78 Å². The molecule has 0 heterocycles. The molecule has 0 saturated carbocycles. The van der Waals surface area contributed by atoms with Crippen molar-refractivity contribution < 1.29 is 18.3 Å². The van der Waals surface area contributed by atoms with Crippen LogP contribution in [0.1, 0.15) is 22.8 Å². The lowest BCUT2D eigenvalue weighted by molar-refractivity contribution is 0.101. The molecule has 0 unspecified atom stereocenters. The number of carbonyl (C=O) groups is 1. The molecule has 14 heavy (non-hydrogen) atoms. The molecule has 0 spiro atoms. The standard InChI is InChI=1S/C10H10F2O2/c1-6(13)8-4-3-7(5-14-2)9(11)10(8)12/h3-4H,5H2,1-2H3. The van der Waals surface area contributed by atoms with Gasteiger partial charge in [0.15, 0.2) is 17.4 Å². The van der Waals surface area contributed by atoms with E-state index in [4.69, 9.17) is 0 Å². The monoisotopic (exact) mass is 200 g/mol. The molecule has 0 aromatic heterocycles. The second kappa shape index (κ2) is 4.28. The molecule has 0 N–H and O–H groups in total. The van der Waals surface area contributed by atoms with Crippen LogP contribution in [0.25, 0.3) is 0 Å². The first-order valence-electron chi connectivity index (χ1n) is 4.04. The number of methoxy groups -OCH3 is 1. The maximum Gasteiger partial charge on any atom is 0.169 e. The molecule has 0 radical (unpaired) electrons. The van der Waals surface area contributed by atoms with Crippen molar-refractivity contribution in [2.45, 2.75) is 13.5 Å². The quantitative estimate of drug-likeness (QED) is 0.700. The molecule has 0 bridgehead atoms. The summed E-state index contributed by atoms with van der Waals surface area (Å²) >= 11 is 0. The summed E-state index contributed by atoms with van der Waals surface area (Å²) in [6.07, 6.45) is 0. The van der Waals surface area contributed by atoms with Gasteiger partial charge in [-0.2, -0.15) is 0 Å². The molecular weight excluding hydrogens is 190 g/mol. The molecule has 0 amide bonds. The van der Waals surface area contributed by atoms with E-state index < -0.39 is 17.4 Å². The number of Topliss-reactive ketones (excluding diaryl/α,β-unsaturated/α-hetero) is 1. The van der Waals surface area contributed by atoms with E-state index in [0.717, 1.165) is 0 Å². The molecule has 0 atom stereocenters. The van der Waals surface area contributed by atoms with E-state index in [1.165, 1.54) is 26.2 Å². The van der Waals surface area contributed by atoms with Crippen LogP contribution < -0.4 is 0 Å². The van der Waals surface area contributed by atoms with E-state index >= 15 is 0 Å². The highest BCUT2D eigenvalue weighted by molar-refractivity contribution is 5.94. The SMILES string of the molecule is COCc1ccc(C(C)=O)c(F)c1F. The summed E-state index contributed by atoms with van der Waals surface area (Å²) in [5.41, 5.74) is -0.127. The van der Waals surface area contributed by atoms with Gasteiger partial charge in [-0.05, 0) is 13.0 Å². The highest BCUT2D eigenvalue weighted by Crippen LogP contribution is 2.17. The van der Waals surface area contributed by atoms with Gasteiger partial charge in [-0.25, -0.2) is 8.78 Å². The molecule has 0 aliphatic heterocycles. The first-order chi connectivity index (χ1) is 6.57. The first kappa shape index (κ1) is 10.8. The number of halogens is 2. The fourth-order valence-electron chi connectivity index (χ4n) is 1.13. The number of benzene rings is 1. The zero-order valence-electron chi connectivity index (χ0n) is 7.93. The van der Waals surface area contributed by atoms with Crippen molar-refractivity contribution in [1.82, 2.24) is 0 Å². The zero-order valence-corrected chi connectivity index (χ0v) is 7.93. The minimum atomic E-state index is -1.10. The third kappa shape index (κ3) is 1.96. The minimum absolute atomic E-state index is 0.0130. The number of rotatable bonds is 3. The Labute approximate surface area is 80.5 Å². The lowest BCUT2D eigenvalue weighted by atomic mass is 10.1. The molecule has 76 valence electrons. The predicted molar refractivity (Wildman–Crippen MR) is 47.1 cm³/mol. The molecule has 0 fully saturated rings. The Bertz CT molecular complexity index is 361. The molecule has 2 nitrogen and oxygen atoms in total. The Morgan fingerprint density at radius 1 is 1.36 bits per heavy atom. The Kier molecular flexibility index (Phi) is 3.30. The summed E-state index contributed by atoms with van der Waals surface area (Å²) in [7, 11) is 1.39. The Morgan fingerprint density at radius 3 is 2.50 bits per heavy atom. The summed E-state index contributed by atoms with van der Waals surface area (Å²) in [4.78, 5) is 10.8. The lowest BCUT2D eigenvalue weighted by Gasteiger charge is -2.05. The van der Waals surface area contributed by atoms with Gasteiger partial charge in [-0.1, -0.05) is 6.07 Å². The zero-order chi connectivity index (χ0) is 10.7. The summed E-state index contributed by atoms with van der Waals surface area (Å²) < 4.78 is 31.1. The van der Waals surface area contributed by atoms with E-state index in [0.29, 0.717) is 0 Å². The number of hydrogen-bond acceptors (Lipinski definition) is 2. The van der Waals surface area contributed by atoms with Gasteiger partial charge in [0.05, 0.1) is 12.2 Å². The van der Waals surface area contributed by atoms with Crippen LogP contribution in [-0.4, -0.2) is 12.9 Å². The second-order valence-corrected chi connectivity index (χ2v) is 2.89. The molecule has 0 saturated heterocycles. The smallest absolute Gasteiger partial charge is 0.169 e. The summed E-state index contributed by atoms with van der Waals surface area (Å²) in [5.74, 6) is -2.61. The summed E-state index contributed by atoms with van der Waals surface area (Å²) in [6.45, 7) is 1.18. The van der Waals surface area contributed by atoms with Crippen molar-refractivity contribution in [2.75, 3.05) is 7.11 Å². The maximum absolute atomic E-state index is 13.2. The average molecular weight is 200 g/mol. The van der Waals surface area contributed by atoms with Crippen LogP contribution in [0.3, 0.4) is 0 Å². The van der Waals surface area contributed by atoms with E-state index in [1.54, 1.807) is 0 Å². The Hall–Kier alpha value is -1.29. The fraction of sp³-hybridized carbons (Fsp3) is 0.300. The minimum Gasteiger partial charge on any atom is -0.380 e. The Balaban J connectivity index is 3.19. The molecule has 0 aliphatic rings. The second-order valence-electron chi connectivity index (χ2n) is 2.89. The van der Waals surface area contributed by atoms with Crippen molar-refractivity contribution >= 4 is 5.78 Å². The topological polar surface area (TPSA) is 26.3 Å². The van der Waals surface area contributed by atoms with Crippen LogP contribution >= 0.6 is 0 Å². The predicted octanol–water partition coefficient (Wildman–Crippen LogP) is 2.31. The molecule has 1 aromatic carbocycles. The maximum atomic E-state index is 13.2. The van der Waals surface area contributed by atoms with Gasteiger partial charge in [0.1, 0.15) is 0 Å². The molecule has 1 aromatic rings. The van der Waals surface area contributed by atoms with Crippen molar-refractivity contribution in [3.05, 3.63) is 34.9 Å². The summed E-state index contributed by atoms with van der Waals surface area (Å²) in [6, 6.07) is 2.60. The summed E-state index contributed by atoms with van der Waals surface area (Å²) in [5, 5.41) is 0. The van der Waals surface area contributed by atoms with Gasteiger partial charge in [0, 0.05) is 12.7 Å². The molecule has 4 heteroatoms. The van der Waals surface area contributed by atoms with E-state index in [-0.39, 0.29) is 17.7 Å². The van der Waals surface area contributed by atoms with Crippen LogP contribution in [0.15, 0.2) is 12.1 Å². The van der Waals surface area contributed by atoms with Gasteiger partial charge < -0.3 is 4.74 Å². The van der Waals surface area contributed by atoms with E-state index in [1.807, 2.05) is 0 Å². The number of ether oxygens (including phenoxy) is 1. The van der Waals surface area contributed by atoms with E-state index in [2.05, 4.69) is 4.74 Å². The van der Waals surface area contributed by atoms with Crippen LogP contribution in [0, 0.1) is 11.6 Å². The molecular formula is C10H10F2O2. The van der Waals surface area contributed by atoms with Crippen molar-refractivity contribution in [3.8, 4) is 0 Å². The molecule has 0 aliphatic carbocycles. The number of carbonyl (C=O) groups excluding carboxylic acids is 1. The lowest BCUT2D eigenvalue weighted by Crippen LogP contribution is -2.03. The van der Waals surface area contributed by atoms with Crippen LogP contribution in [-0.2, 0) is 11.3 Å². The fourth-order valence-corrected chi connectivity index (χ4v) is 1.13. The third-order valence-corrected chi connectivity index (χ3v) is 1.84. The van der Waals surface area contributed by atoms with Gasteiger partial charge in [-0.3, -0.25) is 4.79 Å². The van der Waals surface area contributed by atoms with Gasteiger partial charge in [-0.15, -0.1) is 0 Å². The highest BCUT2D eigenvalue weighted by atomic mass is 19.2. The van der Waals surface area contributed by atoms with Gasteiger partial charge in [0.25, 0.3) is 0 Å². The van der Waals surface area contributed by atoms with E-state index in [9.17, 15) is 13.6 Å². The van der Waals surface area contributed by atoms with Crippen molar-refractivity contribution in [3.63, 3.8) is 0 Å². The van der Waals surface area contributed by atoms with Gasteiger partial charge in [0.2, 0.25) is 0 Å². The third-order valence-electron chi connectivity index (χ3n) is 1.84. The highest BCUT2D eigenvalue weighted by Gasteiger charge is 2.15. The number of hydrogen-bond donors (Lipinski definition) is 0. The van der Waals surface area contributed by atoms with Crippen molar-refractivity contribution in [2.24, 2.45) is 0 Å². The first-order valence-corrected chi connectivity index (χ1v) is 4.04. The van der Waals surface area contributed by atoms with Crippen LogP contribution in [0.2, 0.25) is 0 Å². The number of ketones is 1. The van der Waals surface area contributed by atoms with Gasteiger partial charge >= 0.3 is 0 Å². The normalized spacial score (nSPS) is 10.3.